The van der Waals surface area contributed by atoms with Crippen LogP contribution in [0.2, 0.25) is 0 Å². The summed E-state index contributed by atoms with van der Waals surface area (Å²) < 4.78 is 59.6. The average molecular weight is 320 g/mol. The van der Waals surface area contributed by atoms with Crippen molar-refractivity contribution in [2.24, 2.45) is 11.7 Å². The van der Waals surface area contributed by atoms with Gasteiger partial charge in [0.2, 0.25) is 10.0 Å². The zero-order chi connectivity index (χ0) is 15.6. The highest BCUT2D eigenvalue weighted by Gasteiger charge is 2.29. The van der Waals surface area contributed by atoms with Crippen LogP contribution in [0.1, 0.15) is 18.9 Å². The van der Waals surface area contributed by atoms with Crippen LogP contribution in [-0.4, -0.2) is 27.7 Å². The Hall–Kier alpha value is -1.09. The van der Waals surface area contributed by atoms with Crippen molar-refractivity contribution in [3.05, 3.63) is 29.3 Å². The van der Waals surface area contributed by atoms with Crippen LogP contribution in [0.4, 0.5) is 8.78 Å². The van der Waals surface area contributed by atoms with Crippen LogP contribution >= 0.6 is 0 Å². The molecular formula is C13H18F2N2O3S. The van der Waals surface area contributed by atoms with E-state index in [0.29, 0.717) is 13.2 Å². The number of nitrogens with two attached hydrogens (primary N) is 1. The molecule has 1 aliphatic rings. The fraction of sp³-hybridized carbons (Fsp3) is 0.538. The second kappa shape index (κ2) is 6.35. The van der Waals surface area contributed by atoms with E-state index in [9.17, 15) is 17.2 Å². The first-order valence-corrected chi connectivity index (χ1v) is 8.12. The third kappa shape index (κ3) is 3.39. The van der Waals surface area contributed by atoms with Crippen molar-refractivity contribution in [1.82, 2.24) is 4.72 Å². The molecule has 1 saturated heterocycles. The lowest BCUT2D eigenvalue weighted by Gasteiger charge is -2.19. The van der Waals surface area contributed by atoms with Crippen molar-refractivity contribution in [2.45, 2.75) is 30.8 Å². The Bertz CT molecular complexity index is 616. The fourth-order valence-electron chi connectivity index (χ4n) is 2.32. The summed E-state index contributed by atoms with van der Waals surface area (Å²) in [5.41, 5.74) is 4.82. The number of hydrogen-bond acceptors (Lipinski definition) is 4. The van der Waals surface area contributed by atoms with Crippen LogP contribution in [0, 0.1) is 17.6 Å². The molecule has 1 fully saturated rings. The molecule has 0 bridgehead atoms. The summed E-state index contributed by atoms with van der Waals surface area (Å²) in [5, 5.41) is 0. The molecule has 21 heavy (non-hydrogen) atoms. The van der Waals surface area contributed by atoms with Gasteiger partial charge in [-0.1, -0.05) is 0 Å². The summed E-state index contributed by atoms with van der Waals surface area (Å²) in [5.74, 6) is -1.96. The molecule has 1 heterocycles. The summed E-state index contributed by atoms with van der Waals surface area (Å²) in [6.45, 7) is 2.33. The molecule has 2 atom stereocenters. The predicted molar refractivity (Wildman–Crippen MR) is 73.0 cm³/mol. The first kappa shape index (κ1) is 16.3. The molecule has 118 valence electrons. The maximum atomic E-state index is 14.1. The Morgan fingerprint density at radius 3 is 2.76 bits per heavy atom. The van der Waals surface area contributed by atoms with Crippen molar-refractivity contribution in [3.63, 3.8) is 0 Å². The van der Waals surface area contributed by atoms with Gasteiger partial charge in [-0.15, -0.1) is 0 Å². The van der Waals surface area contributed by atoms with E-state index >= 15 is 0 Å². The van der Waals surface area contributed by atoms with Gasteiger partial charge in [-0.25, -0.2) is 21.9 Å². The van der Waals surface area contributed by atoms with Gasteiger partial charge in [0.15, 0.2) is 5.82 Å². The summed E-state index contributed by atoms with van der Waals surface area (Å²) in [7, 11) is -4.08. The van der Waals surface area contributed by atoms with E-state index in [-0.39, 0.29) is 5.92 Å². The van der Waals surface area contributed by atoms with Gasteiger partial charge in [-0.2, -0.15) is 0 Å². The predicted octanol–water partition coefficient (Wildman–Crippen LogP) is 1.13. The highest BCUT2D eigenvalue weighted by atomic mass is 32.2. The number of halogens is 2. The second-order valence-corrected chi connectivity index (χ2v) is 6.76. The minimum Gasteiger partial charge on any atom is -0.381 e. The largest absolute Gasteiger partial charge is 0.381 e. The molecule has 8 heteroatoms. The molecule has 1 aliphatic heterocycles. The number of rotatable bonds is 5. The van der Waals surface area contributed by atoms with E-state index in [1.165, 1.54) is 0 Å². The zero-order valence-corrected chi connectivity index (χ0v) is 12.4. The maximum absolute atomic E-state index is 14.1. The van der Waals surface area contributed by atoms with Crippen LogP contribution in [0.25, 0.3) is 0 Å². The highest BCUT2D eigenvalue weighted by Crippen LogP contribution is 2.23. The van der Waals surface area contributed by atoms with Crippen LogP contribution in [-0.2, 0) is 21.3 Å². The quantitative estimate of drug-likeness (QED) is 0.852. The van der Waals surface area contributed by atoms with Gasteiger partial charge in [0.25, 0.3) is 0 Å². The first-order chi connectivity index (χ1) is 9.86. The van der Waals surface area contributed by atoms with Crippen LogP contribution in [0.5, 0.6) is 0 Å². The third-order valence-corrected chi connectivity index (χ3v) is 5.23. The fourth-order valence-corrected chi connectivity index (χ4v) is 3.74. The molecule has 2 unspecified atom stereocenters. The normalized spacial score (nSPS) is 20.7. The Morgan fingerprint density at radius 1 is 1.48 bits per heavy atom. The molecule has 1 aromatic carbocycles. The molecule has 2 rings (SSSR count). The lowest BCUT2D eigenvalue weighted by atomic mass is 10.0. The zero-order valence-electron chi connectivity index (χ0n) is 11.6. The van der Waals surface area contributed by atoms with E-state index in [1.807, 2.05) is 0 Å². The molecule has 0 saturated carbocycles. The molecule has 0 aliphatic carbocycles. The van der Waals surface area contributed by atoms with Gasteiger partial charge in [0.1, 0.15) is 10.7 Å². The van der Waals surface area contributed by atoms with Crippen molar-refractivity contribution in [1.29, 1.82) is 0 Å². The molecule has 0 amide bonds. The van der Waals surface area contributed by atoms with E-state index in [0.717, 1.165) is 18.6 Å². The minimum atomic E-state index is -4.08. The molecule has 3 N–H and O–H groups in total. The SMILES string of the molecule is CC(NS(=O)(=O)c1ccc(F)c(CN)c1F)C1CCOC1. The summed E-state index contributed by atoms with van der Waals surface area (Å²) >= 11 is 0. The third-order valence-electron chi connectivity index (χ3n) is 3.66. The average Bonchev–Trinajstić information content (AvgIpc) is 2.92. The maximum Gasteiger partial charge on any atom is 0.243 e. The van der Waals surface area contributed by atoms with Gasteiger partial charge in [-0.05, 0) is 25.5 Å². The van der Waals surface area contributed by atoms with Crippen LogP contribution in [0.15, 0.2) is 17.0 Å². The number of hydrogen-bond donors (Lipinski definition) is 2. The van der Waals surface area contributed by atoms with E-state index in [2.05, 4.69) is 4.72 Å². The Labute approximate surface area is 122 Å². The number of benzene rings is 1. The van der Waals surface area contributed by atoms with Gasteiger partial charge < -0.3 is 10.5 Å². The molecular weight excluding hydrogens is 302 g/mol. The Morgan fingerprint density at radius 2 is 2.19 bits per heavy atom. The summed E-state index contributed by atoms with van der Waals surface area (Å²) in [6.07, 6.45) is 0.740. The lowest BCUT2D eigenvalue weighted by molar-refractivity contribution is 0.180. The van der Waals surface area contributed by atoms with Crippen molar-refractivity contribution in [3.8, 4) is 0 Å². The van der Waals surface area contributed by atoms with Gasteiger partial charge >= 0.3 is 0 Å². The molecule has 0 spiro atoms. The van der Waals surface area contributed by atoms with Crippen molar-refractivity contribution < 1.29 is 21.9 Å². The molecule has 0 radical (unpaired) electrons. The van der Waals surface area contributed by atoms with Crippen molar-refractivity contribution >= 4 is 10.0 Å². The Balaban J connectivity index is 2.27. The van der Waals surface area contributed by atoms with E-state index < -0.39 is 44.7 Å². The monoisotopic (exact) mass is 320 g/mol. The van der Waals surface area contributed by atoms with Crippen LogP contribution < -0.4 is 10.5 Å². The number of sulfonamides is 1. The first-order valence-electron chi connectivity index (χ1n) is 6.64. The summed E-state index contributed by atoms with van der Waals surface area (Å²) in [6, 6.07) is 1.41. The smallest absolute Gasteiger partial charge is 0.243 e. The molecule has 5 nitrogen and oxygen atoms in total. The minimum absolute atomic E-state index is 0.0391. The van der Waals surface area contributed by atoms with Crippen LogP contribution in [0.3, 0.4) is 0 Å². The molecule has 0 aromatic heterocycles. The standard InChI is InChI=1S/C13H18F2N2O3S/c1-8(9-4-5-20-7-9)17-21(18,19)12-3-2-11(14)10(6-16)13(12)15/h2-3,8-9,17H,4-7,16H2,1H3. The topological polar surface area (TPSA) is 81.4 Å². The summed E-state index contributed by atoms with van der Waals surface area (Å²) in [4.78, 5) is -0.588. The lowest BCUT2D eigenvalue weighted by Crippen LogP contribution is -2.38. The van der Waals surface area contributed by atoms with E-state index in [1.54, 1.807) is 6.92 Å². The van der Waals surface area contributed by atoms with Gasteiger partial charge in [0, 0.05) is 30.7 Å². The van der Waals surface area contributed by atoms with Crippen molar-refractivity contribution in [2.75, 3.05) is 13.2 Å². The number of ether oxygens (including phenoxy) is 1. The van der Waals surface area contributed by atoms with Gasteiger partial charge in [-0.3, -0.25) is 0 Å². The highest BCUT2D eigenvalue weighted by molar-refractivity contribution is 7.89. The second-order valence-electron chi connectivity index (χ2n) is 5.08. The molecule has 1 aromatic rings. The van der Waals surface area contributed by atoms with E-state index in [4.69, 9.17) is 10.5 Å². The van der Waals surface area contributed by atoms with Gasteiger partial charge in [0.05, 0.1) is 6.61 Å². The number of nitrogens with one attached hydrogen (secondary N) is 1. The Kier molecular flexibility index (Phi) is 4.92.